The van der Waals surface area contributed by atoms with Gasteiger partial charge >= 0.3 is 5.97 Å². The van der Waals surface area contributed by atoms with Crippen LogP contribution >= 0.6 is 11.3 Å². The molecular formula is C13H19NO2S. The Morgan fingerprint density at radius 2 is 2.12 bits per heavy atom. The summed E-state index contributed by atoms with van der Waals surface area (Å²) >= 11 is 1.36. The Hall–Kier alpha value is -1.03. The smallest absolute Gasteiger partial charge is 0.345 e. The number of hydrogen-bond donors (Lipinski definition) is 1. The average Bonchev–Trinajstić information content (AvgIpc) is 2.79. The molecule has 2 rings (SSSR count). The van der Waals surface area contributed by atoms with Crippen LogP contribution in [0.5, 0.6) is 0 Å². The van der Waals surface area contributed by atoms with E-state index in [0.717, 1.165) is 17.5 Å². The second-order valence-corrected chi connectivity index (χ2v) is 5.89. The summed E-state index contributed by atoms with van der Waals surface area (Å²) in [7, 11) is 2.06. The average molecular weight is 253 g/mol. The lowest BCUT2D eigenvalue weighted by atomic mass is 9.89. The van der Waals surface area contributed by atoms with Crippen molar-refractivity contribution in [2.75, 3.05) is 18.5 Å². The highest BCUT2D eigenvalue weighted by atomic mass is 32.1. The van der Waals surface area contributed by atoms with Gasteiger partial charge in [0.25, 0.3) is 0 Å². The zero-order valence-corrected chi connectivity index (χ0v) is 11.0. The lowest BCUT2D eigenvalue weighted by Crippen LogP contribution is -2.26. The van der Waals surface area contributed by atoms with Gasteiger partial charge in [0.2, 0.25) is 0 Å². The molecule has 17 heavy (non-hydrogen) atoms. The van der Waals surface area contributed by atoms with Crippen molar-refractivity contribution in [2.45, 2.75) is 32.1 Å². The topological polar surface area (TPSA) is 40.5 Å². The number of nitrogens with zero attached hydrogens (tertiary/aromatic N) is 1. The number of anilines is 1. The van der Waals surface area contributed by atoms with Crippen LogP contribution in [0, 0.1) is 5.92 Å². The van der Waals surface area contributed by atoms with Crippen molar-refractivity contribution < 1.29 is 9.90 Å². The van der Waals surface area contributed by atoms with Crippen LogP contribution in [0.15, 0.2) is 12.1 Å². The number of aromatic carboxylic acids is 1. The van der Waals surface area contributed by atoms with Crippen molar-refractivity contribution in [1.82, 2.24) is 0 Å². The van der Waals surface area contributed by atoms with E-state index in [1.807, 2.05) is 6.07 Å². The Balaban J connectivity index is 1.93. The largest absolute Gasteiger partial charge is 0.477 e. The molecule has 1 aromatic heterocycles. The second kappa shape index (κ2) is 5.54. The van der Waals surface area contributed by atoms with Gasteiger partial charge in [-0.1, -0.05) is 19.3 Å². The molecule has 0 bridgehead atoms. The predicted molar refractivity (Wildman–Crippen MR) is 71.1 cm³/mol. The van der Waals surface area contributed by atoms with E-state index in [1.54, 1.807) is 6.07 Å². The Bertz CT molecular complexity index is 383. The minimum absolute atomic E-state index is 0.426. The van der Waals surface area contributed by atoms with Crippen molar-refractivity contribution in [3.63, 3.8) is 0 Å². The lowest BCUT2D eigenvalue weighted by molar-refractivity contribution is 0.0702. The van der Waals surface area contributed by atoms with Gasteiger partial charge in [0.1, 0.15) is 4.88 Å². The fourth-order valence-electron chi connectivity index (χ4n) is 2.49. The summed E-state index contributed by atoms with van der Waals surface area (Å²) in [5.74, 6) is -0.0450. The number of rotatable bonds is 4. The monoisotopic (exact) mass is 253 g/mol. The fourth-order valence-corrected chi connectivity index (χ4v) is 3.31. The molecule has 1 N–H and O–H groups in total. The van der Waals surface area contributed by atoms with Crippen molar-refractivity contribution in [3.8, 4) is 0 Å². The molecule has 0 radical (unpaired) electrons. The molecule has 1 aliphatic carbocycles. The van der Waals surface area contributed by atoms with Gasteiger partial charge in [0, 0.05) is 13.6 Å². The first-order chi connectivity index (χ1) is 8.16. The Morgan fingerprint density at radius 3 is 2.71 bits per heavy atom. The van der Waals surface area contributed by atoms with Gasteiger partial charge in [-0.2, -0.15) is 0 Å². The summed E-state index contributed by atoms with van der Waals surface area (Å²) in [6.07, 6.45) is 6.72. The highest BCUT2D eigenvalue weighted by molar-refractivity contribution is 7.17. The standard InChI is InChI=1S/C13H19NO2S/c1-14(9-10-5-3-2-4-6-10)12-8-7-11(17-12)13(15)16/h7-8,10H,2-6,9H2,1H3,(H,15,16). The summed E-state index contributed by atoms with van der Waals surface area (Å²) < 4.78 is 0. The maximum atomic E-state index is 10.8. The molecule has 4 heteroatoms. The van der Waals surface area contributed by atoms with Crippen LogP contribution < -0.4 is 4.90 Å². The third kappa shape index (κ3) is 3.22. The SMILES string of the molecule is CN(CC1CCCCC1)c1ccc(C(=O)O)s1. The molecular weight excluding hydrogens is 234 g/mol. The Kier molecular flexibility index (Phi) is 4.05. The third-order valence-corrected chi connectivity index (χ3v) is 4.62. The number of thiophene rings is 1. The highest BCUT2D eigenvalue weighted by Crippen LogP contribution is 2.29. The quantitative estimate of drug-likeness (QED) is 0.893. The van der Waals surface area contributed by atoms with Gasteiger partial charge in [-0.3, -0.25) is 0 Å². The van der Waals surface area contributed by atoms with Crippen molar-refractivity contribution >= 4 is 22.3 Å². The minimum atomic E-state index is -0.827. The van der Waals surface area contributed by atoms with E-state index in [1.165, 1.54) is 43.4 Å². The number of carboxylic acid groups (broad SMARTS) is 1. The molecule has 1 fully saturated rings. The van der Waals surface area contributed by atoms with E-state index in [0.29, 0.717) is 4.88 Å². The summed E-state index contributed by atoms with van der Waals surface area (Å²) in [5.41, 5.74) is 0. The second-order valence-electron chi connectivity index (χ2n) is 4.83. The lowest BCUT2D eigenvalue weighted by Gasteiger charge is -2.27. The molecule has 1 aliphatic rings. The first kappa shape index (κ1) is 12.4. The van der Waals surface area contributed by atoms with Crippen LogP contribution in [0.1, 0.15) is 41.8 Å². The number of carboxylic acids is 1. The number of hydrogen-bond acceptors (Lipinski definition) is 3. The zero-order chi connectivity index (χ0) is 12.3. The molecule has 0 amide bonds. The fraction of sp³-hybridized carbons (Fsp3) is 0.615. The van der Waals surface area contributed by atoms with Crippen LogP contribution in [-0.4, -0.2) is 24.7 Å². The maximum Gasteiger partial charge on any atom is 0.345 e. The Labute approximate surface area is 106 Å². The van der Waals surface area contributed by atoms with E-state index in [9.17, 15) is 4.79 Å². The van der Waals surface area contributed by atoms with E-state index < -0.39 is 5.97 Å². The van der Waals surface area contributed by atoms with E-state index in [2.05, 4.69) is 11.9 Å². The molecule has 0 aliphatic heterocycles. The van der Waals surface area contributed by atoms with Gasteiger partial charge in [-0.15, -0.1) is 11.3 Å². The highest BCUT2D eigenvalue weighted by Gasteiger charge is 2.17. The predicted octanol–water partition coefficient (Wildman–Crippen LogP) is 3.46. The summed E-state index contributed by atoms with van der Waals surface area (Å²) in [5, 5.41) is 9.96. The van der Waals surface area contributed by atoms with E-state index in [4.69, 9.17) is 5.11 Å². The first-order valence-electron chi connectivity index (χ1n) is 6.21. The minimum Gasteiger partial charge on any atom is -0.477 e. The van der Waals surface area contributed by atoms with Crippen molar-refractivity contribution in [3.05, 3.63) is 17.0 Å². The van der Waals surface area contributed by atoms with Gasteiger partial charge in [-0.05, 0) is 30.9 Å². The van der Waals surface area contributed by atoms with Crippen LogP contribution in [0.4, 0.5) is 5.00 Å². The maximum absolute atomic E-state index is 10.8. The summed E-state index contributed by atoms with van der Waals surface area (Å²) in [4.78, 5) is 13.4. The molecule has 1 heterocycles. The van der Waals surface area contributed by atoms with E-state index in [-0.39, 0.29) is 0 Å². The van der Waals surface area contributed by atoms with Crippen LogP contribution in [0.3, 0.4) is 0 Å². The van der Waals surface area contributed by atoms with Crippen molar-refractivity contribution in [1.29, 1.82) is 0 Å². The molecule has 0 unspecified atom stereocenters. The van der Waals surface area contributed by atoms with Crippen LogP contribution in [-0.2, 0) is 0 Å². The first-order valence-corrected chi connectivity index (χ1v) is 7.02. The van der Waals surface area contributed by atoms with Gasteiger partial charge < -0.3 is 10.0 Å². The third-order valence-electron chi connectivity index (χ3n) is 3.44. The van der Waals surface area contributed by atoms with Crippen LogP contribution in [0.25, 0.3) is 0 Å². The zero-order valence-electron chi connectivity index (χ0n) is 10.2. The molecule has 1 saturated carbocycles. The molecule has 0 atom stereocenters. The van der Waals surface area contributed by atoms with Gasteiger partial charge in [0.05, 0.1) is 5.00 Å². The van der Waals surface area contributed by atoms with E-state index >= 15 is 0 Å². The molecule has 94 valence electrons. The van der Waals surface area contributed by atoms with Crippen molar-refractivity contribution in [2.24, 2.45) is 5.92 Å². The normalized spacial score (nSPS) is 17.0. The van der Waals surface area contributed by atoms with Gasteiger partial charge in [-0.25, -0.2) is 4.79 Å². The molecule has 1 aromatic rings. The number of carbonyl (C=O) groups is 1. The molecule has 0 aromatic carbocycles. The summed E-state index contributed by atoms with van der Waals surface area (Å²) in [6.45, 7) is 1.06. The molecule has 0 saturated heterocycles. The van der Waals surface area contributed by atoms with Gasteiger partial charge in [0.15, 0.2) is 0 Å². The Morgan fingerprint density at radius 1 is 1.41 bits per heavy atom. The molecule has 3 nitrogen and oxygen atoms in total. The summed E-state index contributed by atoms with van der Waals surface area (Å²) in [6, 6.07) is 3.61. The van der Waals surface area contributed by atoms with Crippen LogP contribution in [0.2, 0.25) is 0 Å². The molecule has 0 spiro atoms.